The molecule has 1 saturated heterocycles. The molecular formula is C15H23ClN2O4S. The third kappa shape index (κ3) is 5.17. The van der Waals surface area contributed by atoms with Crippen molar-refractivity contribution in [1.82, 2.24) is 10.0 Å². The number of methoxy groups -OCH3 is 1. The van der Waals surface area contributed by atoms with Crippen molar-refractivity contribution >= 4 is 28.4 Å². The first-order valence-corrected chi connectivity index (χ1v) is 8.73. The average Bonchev–Trinajstić information content (AvgIpc) is 2.53. The van der Waals surface area contributed by atoms with Gasteiger partial charge in [-0.05, 0) is 55.6 Å². The van der Waals surface area contributed by atoms with Gasteiger partial charge in [-0.25, -0.2) is 17.9 Å². The van der Waals surface area contributed by atoms with Crippen LogP contribution in [0.2, 0.25) is 0 Å². The van der Waals surface area contributed by atoms with Gasteiger partial charge in [0.1, 0.15) is 0 Å². The molecule has 0 spiro atoms. The Morgan fingerprint density at radius 2 is 1.83 bits per heavy atom. The largest absolute Gasteiger partial charge is 0.465 e. The molecule has 6 nitrogen and oxygen atoms in total. The molecule has 1 aliphatic rings. The average molecular weight is 363 g/mol. The van der Waals surface area contributed by atoms with Crippen LogP contribution in [0.1, 0.15) is 30.1 Å². The summed E-state index contributed by atoms with van der Waals surface area (Å²) in [7, 11) is -2.28. The highest BCUT2D eigenvalue weighted by Crippen LogP contribution is 2.27. The van der Waals surface area contributed by atoms with Crippen LogP contribution in [0.5, 0.6) is 0 Å². The van der Waals surface area contributed by atoms with Crippen LogP contribution in [0.25, 0.3) is 0 Å². The molecule has 1 fully saturated rings. The number of nitrogens with one attached hydrogen (secondary N) is 2. The molecule has 0 amide bonds. The standard InChI is InChI=1S/C15H22N2O4S.ClH/c1-15(7-9-16-10-8-15)11-17-22(19,20)13-5-3-12(4-6-13)14(18)21-2;/h3-6,16-17H,7-11H2,1-2H3;1H. The fourth-order valence-electron chi connectivity index (χ4n) is 2.45. The van der Waals surface area contributed by atoms with E-state index in [2.05, 4.69) is 21.7 Å². The zero-order chi connectivity index (χ0) is 16.2. The highest BCUT2D eigenvalue weighted by Gasteiger charge is 2.28. The van der Waals surface area contributed by atoms with Crippen molar-refractivity contribution < 1.29 is 17.9 Å². The number of rotatable bonds is 5. The van der Waals surface area contributed by atoms with Gasteiger partial charge in [0, 0.05) is 6.54 Å². The Labute approximate surface area is 143 Å². The smallest absolute Gasteiger partial charge is 0.337 e. The lowest BCUT2D eigenvalue weighted by molar-refractivity contribution is 0.0600. The third-order valence-electron chi connectivity index (χ3n) is 4.09. The quantitative estimate of drug-likeness (QED) is 0.776. The van der Waals surface area contributed by atoms with Gasteiger partial charge >= 0.3 is 5.97 Å². The molecule has 2 rings (SSSR count). The van der Waals surface area contributed by atoms with Crippen molar-refractivity contribution in [1.29, 1.82) is 0 Å². The van der Waals surface area contributed by atoms with E-state index in [0.29, 0.717) is 12.1 Å². The van der Waals surface area contributed by atoms with Gasteiger partial charge in [0.15, 0.2) is 0 Å². The number of esters is 1. The molecule has 1 aromatic carbocycles. The molecule has 0 bridgehead atoms. The van der Waals surface area contributed by atoms with E-state index in [9.17, 15) is 13.2 Å². The summed E-state index contributed by atoms with van der Waals surface area (Å²) in [5.41, 5.74) is 0.302. The third-order valence-corrected chi connectivity index (χ3v) is 5.50. The van der Waals surface area contributed by atoms with Crippen LogP contribution in [0.3, 0.4) is 0 Å². The van der Waals surface area contributed by atoms with Gasteiger partial charge in [0.25, 0.3) is 0 Å². The van der Waals surface area contributed by atoms with Gasteiger partial charge in [-0.2, -0.15) is 0 Å². The monoisotopic (exact) mass is 362 g/mol. The molecule has 0 unspecified atom stereocenters. The number of halogens is 1. The number of hydrogen-bond acceptors (Lipinski definition) is 5. The number of carbonyl (C=O) groups is 1. The molecule has 1 aliphatic heterocycles. The highest BCUT2D eigenvalue weighted by atomic mass is 35.5. The maximum atomic E-state index is 12.3. The number of piperidine rings is 1. The van der Waals surface area contributed by atoms with Crippen molar-refractivity contribution in [3.05, 3.63) is 29.8 Å². The number of hydrogen-bond donors (Lipinski definition) is 2. The molecule has 8 heteroatoms. The van der Waals surface area contributed by atoms with E-state index in [4.69, 9.17) is 0 Å². The molecule has 1 aromatic rings. The molecule has 2 N–H and O–H groups in total. The van der Waals surface area contributed by atoms with Crippen LogP contribution < -0.4 is 10.0 Å². The van der Waals surface area contributed by atoms with E-state index in [1.54, 1.807) is 0 Å². The lowest BCUT2D eigenvalue weighted by Crippen LogP contribution is -2.42. The van der Waals surface area contributed by atoms with Gasteiger partial charge < -0.3 is 10.1 Å². The van der Waals surface area contributed by atoms with E-state index < -0.39 is 16.0 Å². The molecule has 130 valence electrons. The van der Waals surface area contributed by atoms with E-state index in [0.717, 1.165) is 25.9 Å². The van der Waals surface area contributed by atoms with Crippen molar-refractivity contribution in [3.63, 3.8) is 0 Å². The van der Waals surface area contributed by atoms with Crippen molar-refractivity contribution in [2.45, 2.75) is 24.7 Å². The second kappa shape index (κ2) is 8.10. The number of ether oxygens (including phenoxy) is 1. The fraction of sp³-hybridized carbons (Fsp3) is 0.533. The first-order chi connectivity index (χ1) is 10.4. The topological polar surface area (TPSA) is 84.5 Å². The van der Waals surface area contributed by atoms with Crippen LogP contribution in [-0.4, -0.2) is 41.1 Å². The second-order valence-electron chi connectivity index (χ2n) is 5.90. The summed E-state index contributed by atoms with van der Waals surface area (Å²) in [5, 5.41) is 3.27. The van der Waals surface area contributed by atoms with Gasteiger partial charge in [-0.3, -0.25) is 0 Å². The number of sulfonamides is 1. The first kappa shape index (κ1) is 19.9. The summed E-state index contributed by atoms with van der Waals surface area (Å²) in [4.78, 5) is 11.5. The molecule has 0 aliphatic carbocycles. The maximum absolute atomic E-state index is 12.3. The maximum Gasteiger partial charge on any atom is 0.337 e. The van der Waals surface area contributed by atoms with Crippen molar-refractivity contribution in [3.8, 4) is 0 Å². The summed E-state index contributed by atoms with van der Waals surface area (Å²) in [6, 6.07) is 5.73. The van der Waals surface area contributed by atoms with Crippen LogP contribution in [0.15, 0.2) is 29.2 Å². The lowest BCUT2D eigenvalue weighted by Gasteiger charge is -2.34. The Kier molecular flexibility index (Phi) is 7.01. The van der Waals surface area contributed by atoms with Gasteiger partial charge in [-0.1, -0.05) is 6.92 Å². The molecular weight excluding hydrogens is 340 g/mol. The Bertz CT molecular complexity index is 625. The predicted molar refractivity (Wildman–Crippen MR) is 90.4 cm³/mol. The van der Waals surface area contributed by atoms with E-state index in [1.807, 2.05) is 0 Å². The van der Waals surface area contributed by atoms with Gasteiger partial charge in [-0.15, -0.1) is 12.4 Å². The number of benzene rings is 1. The minimum atomic E-state index is -3.57. The van der Waals surface area contributed by atoms with Crippen LogP contribution in [0, 0.1) is 5.41 Å². The van der Waals surface area contributed by atoms with E-state index >= 15 is 0 Å². The van der Waals surface area contributed by atoms with Crippen LogP contribution in [-0.2, 0) is 14.8 Å². The summed E-state index contributed by atoms with van der Waals surface area (Å²) < 4.78 is 31.9. The Hall–Kier alpha value is -1.15. The van der Waals surface area contributed by atoms with Gasteiger partial charge in [0.05, 0.1) is 17.6 Å². The molecule has 1 heterocycles. The Morgan fingerprint density at radius 3 is 2.35 bits per heavy atom. The zero-order valence-electron chi connectivity index (χ0n) is 13.3. The minimum Gasteiger partial charge on any atom is -0.465 e. The fourth-order valence-corrected chi connectivity index (χ4v) is 3.65. The first-order valence-electron chi connectivity index (χ1n) is 7.25. The number of carbonyl (C=O) groups excluding carboxylic acids is 1. The molecule has 0 saturated carbocycles. The lowest BCUT2D eigenvalue weighted by atomic mass is 9.81. The predicted octanol–water partition coefficient (Wildman–Crippen LogP) is 1.56. The van der Waals surface area contributed by atoms with Gasteiger partial charge in [0.2, 0.25) is 10.0 Å². The summed E-state index contributed by atoms with van der Waals surface area (Å²) in [6.07, 6.45) is 1.88. The molecule has 23 heavy (non-hydrogen) atoms. The Balaban J connectivity index is 0.00000264. The zero-order valence-corrected chi connectivity index (χ0v) is 14.9. The molecule has 0 aromatic heterocycles. The SMILES string of the molecule is COC(=O)c1ccc(S(=O)(=O)NCC2(C)CCNCC2)cc1.Cl. The summed E-state index contributed by atoms with van der Waals surface area (Å²) in [5.74, 6) is -0.487. The summed E-state index contributed by atoms with van der Waals surface area (Å²) >= 11 is 0. The van der Waals surface area contributed by atoms with Crippen molar-refractivity contribution in [2.24, 2.45) is 5.41 Å². The Morgan fingerprint density at radius 1 is 1.26 bits per heavy atom. The van der Waals surface area contributed by atoms with Crippen LogP contribution in [0.4, 0.5) is 0 Å². The van der Waals surface area contributed by atoms with E-state index in [1.165, 1.54) is 31.4 Å². The second-order valence-corrected chi connectivity index (χ2v) is 7.67. The highest BCUT2D eigenvalue weighted by molar-refractivity contribution is 7.89. The normalized spacial score (nSPS) is 17.1. The summed E-state index contributed by atoms with van der Waals surface area (Å²) in [6.45, 7) is 4.32. The van der Waals surface area contributed by atoms with E-state index in [-0.39, 0.29) is 22.7 Å². The van der Waals surface area contributed by atoms with Crippen LogP contribution >= 0.6 is 12.4 Å². The molecule has 0 radical (unpaired) electrons. The minimum absolute atomic E-state index is 0. The molecule has 0 atom stereocenters. The van der Waals surface area contributed by atoms with Crippen molar-refractivity contribution in [2.75, 3.05) is 26.7 Å².